The third kappa shape index (κ3) is 3.69. The van der Waals surface area contributed by atoms with Crippen LogP contribution < -0.4 is 4.74 Å². The molecule has 0 aliphatic heterocycles. The number of methoxy groups -OCH3 is 1. The molecule has 1 unspecified atom stereocenters. The highest BCUT2D eigenvalue weighted by atomic mass is 19.4. The Morgan fingerprint density at radius 1 is 1.50 bits per heavy atom. The molecule has 90 valence electrons. The summed E-state index contributed by atoms with van der Waals surface area (Å²) < 4.78 is 40.7. The van der Waals surface area contributed by atoms with Crippen LogP contribution in [-0.4, -0.2) is 23.4 Å². The van der Waals surface area contributed by atoms with Crippen LogP contribution in [0.1, 0.15) is 24.5 Å². The number of ether oxygens (including phenoxy) is 1. The molecule has 0 saturated carbocycles. The van der Waals surface area contributed by atoms with Crippen LogP contribution in [0.25, 0.3) is 0 Å². The van der Waals surface area contributed by atoms with Crippen molar-refractivity contribution in [2.75, 3.05) is 7.11 Å². The molecule has 6 heteroatoms. The summed E-state index contributed by atoms with van der Waals surface area (Å²) in [5.41, 5.74) is 0.272. The number of aromatic nitrogens is 1. The molecule has 0 radical (unpaired) electrons. The summed E-state index contributed by atoms with van der Waals surface area (Å²) in [6.07, 6.45) is -5.47. The highest BCUT2D eigenvalue weighted by Gasteiger charge is 2.28. The van der Waals surface area contributed by atoms with Gasteiger partial charge in [0, 0.05) is 18.2 Å². The molecule has 0 fully saturated rings. The molecule has 0 saturated heterocycles. The lowest BCUT2D eigenvalue weighted by Gasteiger charge is -2.14. The topological polar surface area (TPSA) is 42.4 Å². The van der Waals surface area contributed by atoms with Crippen LogP contribution in [0.15, 0.2) is 18.3 Å². The Morgan fingerprint density at radius 2 is 2.19 bits per heavy atom. The highest BCUT2D eigenvalue weighted by Crippen LogP contribution is 2.30. The molecule has 1 aromatic heterocycles. The van der Waals surface area contributed by atoms with E-state index in [0.29, 0.717) is 0 Å². The summed E-state index contributed by atoms with van der Waals surface area (Å²) in [5, 5.41) is 9.58. The van der Waals surface area contributed by atoms with E-state index in [1.54, 1.807) is 0 Å². The lowest BCUT2D eigenvalue weighted by Crippen LogP contribution is -2.10. The van der Waals surface area contributed by atoms with Gasteiger partial charge in [-0.2, -0.15) is 13.2 Å². The minimum atomic E-state index is -4.27. The molecule has 1 atom stereocenters. The van der Waals surface area contributed by atoms with Crippen molar-refractivity contribution in [1.29, 1.82) is 0 Å². The fourth-order valence-corrected chi connectivity index (χ4v) is 1.28. The Hall–Kier alpha value is -1.30. The van der Waals surface area contributed by atoms with Crippen LogP contribution in [0, 0.1) is 0 Å². The predicted octanol–water partition coefficient (Wildman–Crippen LogP) is 2.47. The first kappa shape index (κ1) is 12.8. The third-order valence-electron chi connectivity index (χ3n) is 2.05. The summed E-state index contributed by atoms with van der Waals surface area (Å²) in [6, 6.07) is 3.03. The maximum Gasteiger partial charge on any atom is 0.389 e. The lowest BCUT2D eigenvalue weighted by atomic mass is 10.1. The van der Waals surface area contributed by atoms with Gasteiger partial charge in [-0.1, -0.05) is 0 Å². The fraction of sp³-hybridized carbons (Fsp3) is 0.500. The minimum absolute atomic E-state index is 0.150. The maximum atomic E-state index is 12.0. The van der Waals surface area contributed by atoms with Crippen molar-refractivity contribution < 1.29 is 23.0 Å². The maximum absolute atomic E-state index is 12.0. The van der Waals surface area contributed by atoms with Crippen LogP contribution in [0.3, 0.4) is 0 Å². The molecular weight excluding hydrogens is 223 g/mol. The van der Waals surface area contributed by atoms with Crippen LogP contribution in [0.5, 0.6) is 5.88 Å². The van der Waals surface area contributed by atoms with Crippen molar-refractivity contribution in [3.05, 3.63) is 23.9 Å². The van der Waals surface area contributed by atoms with Gasteiger partial charge < -0.3 is 9.84 Å². The van der Waals surface area contributed by atoms with Crippen LogP contribution in [0.2, 0.25) is 0 Å². The Morgan fingerprint density at radius 3 is 2.75 bits per heavy atom. The Labute approximate surface area is 90.9 Å². The molecule has 16 heavy (non-hydrogen) atoms. The van der Waals surface area contributed by atoms with E-state index in [2.05, 4.69) is 4.98 Å². The van der Waals surface area contributed by atoms with Gasteiger partial charge in [-0.05, 0) is 18.6 Å². The van der Waals surface area contributed by atoms with Gasteiger partial charge in [0.05, 0.1) is 13.2 Å². The quantitative estimate of drug-likeness (QED) is 0.871. The molecule has 0 amide bonds. The number of hydrogen-bond donors (Lipinski definition) is 1. The second-order valence-corrected chi connectivity index (χ2v) is 3.27. The first-order valence-corrected chi connectivity index (χ1v) is 4.68. The molecule has 1 aromatic rings. The number of alkyl halides is 3. The van der Waals surface area contributed by atoms with E-state index in [9.17, 15) is 18.3 Å². The SMILES string of the molecule is COc1ncccc1C(O)CCC(F)(F)F. The van der Waals surface area contributed by atoms with Crippen molar-refractivity contribution in [3.8, 4) is 5.88 Å². The Balaban J connectivity index is 2.69. The third-order valence-corrected chi connectivity index (χ3v) is 2.05. The minimum Gasteiger partial charge on any atom is -0.481 e. The first-order chi connectivity index (χ1) is 7.44. The molecule has 3 nitrogen and oxygen atoms in total. The van der Waals surface area contributed by atoms with E-state index < -0.39 is 25.1 Å². The van der Waals surface area contributed by atoms with Crippen molar-refractivity contribution in [2.45, 2.75) is 25.1 Å². The van der Waals surface area contributed by atoms with Crippen molar-refractivity contribution in [3.63, 3.8) is 0 Å². The normalized spacial score (nSPS) is 13.6. The van der Waals surface area contributed by atoms with Gasteiger partial charge in [0.1, 0.15) is 0 Å². The van der Waals surface area contributed by atoms with Gasteiger partial charge >= 0.3 is 6.18 Å². The van der Waals surface area contributed by atoms with Gasteiger partial charge in [0.2, 0.25) is 5.88 Å². The molecule has 1 rings (SSSR count). The van der Waals surface area contributed by atoms with E-state index in [-0.39, 0.29) is 11.4 Å². The van der Waals surface area contributed by atoms with Gasteiger partial charge in [-0.25, -0.2) is 4.98 Å². The molecule has 1 heterocycles. The largest absolute Gasteiger partial charge is 0.481 e. The molecule has 0 spiro atoms. The summed E-state index contributed by atoms with van der Waals surface area (Å²) in [4.78, 5) is 3.80. The van der Waals surface area contributed by atoms with E-state index in [1.807, 2.05) is 0 Å². The fourth-order valence-electron chi connectivity index (χ4n) is 1.28. The Kier molecular flexibility index (Phi) is 4.12. The first-order valence-electron chi connectivity index (χ1n) is 4.68. The zero-order valence-corrected chi connectivity index (χ0v) is 8.66. The Bertz CT molecular complexity index is 341. The number of aliphatic hydroxyl groups excluding tert-OH is 1. The summed E-state index contributed by atoms with van der Waals surface area (Å²) in [5.74, 6) is 0.150. The van der Waals surface area contributed by atoms with Crippen LogP contribution >= 0.6 is 0 Å². The van der Waals surface area contributed by atoms with Crippen molar-refractivity contribution >= 4 is 0 Å². The van der Waals surface area contributed by atoms with Gasteiger partial charge in [-0.3, -0.25) is 0 Å². The predicted molar refractivity (Wildman–Crippen MR) is 51.0 cm³/mol. The number of rotatable bonds is 4. The highest BCUT2D eigenvalue weighted by molar-refractivity contribution is 5.27. The zero-order chi connectivity index (χ0) is 12.2. The summed E-state index contributed by atoms with van der Waals surface area (Å²) in [6.45, 7) is 0. The van der Waals surface area contributed by atoms with Gasteiger partial charge in [0.15, 0.2) is 0 Å². The van der Waals surface area contributed by atoms with Gasteiger partial charge in [-0.15, -0.1) is 0 Å². The molecule has 0 aliphatic rings. The second kappa shape index (κ2) is 5.16. The van der Waals surface area contributed by atoms with Crippen molar-refractivity contribution in [2.24, 2.45) is 0 Å². The van der Waals surface area contributed by atoms with Gasteiger partial charge in [0.25, 0.3) is 0 Å². The molecule has 0 aromatic carbocycles. The van der Waals surface area contributed by atoms with E-state index in [0.717, 1.165) is 0 Å². The standard InChI is InChI=1S/C10H12F3NO2/c1-16-9-7(3-2-6-14-9)8(15)4-5-10(11,12)13/h2-3,6,8,15H,4-5H2,1H3. The molecule has 0 aliphatic carbocycles. The number of pyridine rings is 1. The molecule has 0 bridgehead atoms. The molecular formula is C10H12F3NO2. The smallest absolute Gasteiger partial charge is 0.389 e. The number of halogens is 3. The average molecular weight is 235 g/mol. The van der Waals surface area contributed by atoms with Crippen LogP contribution in [0.4, 0.5) is 13.2 Å². The average Bonchev–Trinajstić information content (AvgIpc) is 2.25. The molecule has 1 N–H and O–H groups in total. The summed E-state index contributed by atoms with van der Waals surface area (Å²) >= 11 is 0. The van der Waals surface area contributed by atoms with Crippen LogP contribution in [-0.2, 0) is 0 Å². The number of nitrogens with zero attached hydrogens (tertiary/aromatic N) is 1. The number of aliphatic hydroxyl groups is 1. The van der Waals surface area contributed by atoms with E-state index in [1.165, 1.54) is 25.4 Å². The summed E-state index contributed by atoms with van der Waals surface area (Å²) in [7, 11) is 1.35. The monoisotopic (exact) mass is 235 g/mol. The number of hydrogen-bond acceptors (Lipinski definition) is 3. The lowest BCUT2D eigenvalue weighted by molar-refractivity contribution is -0.140. The van der Waals surface area contributed by atoms with E-state index in [4.69, 9.17) is 4.74 Å². The zero-order valence-electron chi connectivity index (χ0n) is 8.66. The van der Waals surface area contributed by atoms with Crippen molar-refractivity contribution in [1.82, 2.24) is 4.98 Å². The van der Waals surface area contributed by atoms with E-state index >= 15 is 0 Å². The second-order valence-electron chi connectivity index (χ2n) is 3.27.